The maximum absolute atomic E-state index is 13.4. The van der Waals surface area contributed by atoms with Gasteiger partial charge in [-0.15, -0.1) is 0 Å². The van der Waals surface area contributed by atoms with Gasteiger partial charge in [0.25, 0.3) is 11.8 Å². The third-order valence-corrected chi connectivity index (χ3v) is 11.8. The van der Waals surface area contributed by atoms with Gasteiger partial charge >= 0.3 is 0 Å². The first-order chi connectivity index (χ1) is 29.3. The minimum atomic E-state index is -1.06. The lowest BCUT2D eigenvalue weighted by Crippen LogP contribution is -2.51. The van der Waals surface area contributed by atoms with Gasteiger partial charge in [0.15, 0.2) is 23.3 Å². The molecule has 0 unspecified atom stereocenters. The molecule has 4 aromatic carbocycles. The van der Waals surface area contributed by atoms with Crippen LogP contribution < -0.4 is 10.6 Å². The van der Waals surface area contributed by atoms with Gasteiger partial charge in [0.1, 0.15) is 35.8 Å². The van der Waals surface area contributed by atoms with E-state index in [9.17, 15) is 36.7 Å². The van der Waals surface area contributed by atoms with Gasteiger partial charge in [0.05, 0.1) is 11.6 Å². The number of hydrogen-bond acceptors (Lipinski definition) is 7. The van der Waals surface area contributed by atoms with Crippen LogP contribution in [0, 0.1) is 34.6 Å². The third kappa shape index (κ3) is 9.42. The molecule has 8 rings (SSSR count). The normalized spacial score (nSPS) is 17.6. The number of halogens is 5. The molecule has 61 heavy (non-hydrogen) atoms. The van der Waals surface area contributed by atoms with Gasteiger partial charge in [0.2, 0.25) is 11.8 Å². The SMILES string of the molecule is N#Cc1ccc(C2=NC3(CCCCC3)N(CC(=O)Nc3ccc(F)c(F)c3)C2=O)cc1.O=C(CN1C(=O)C(c2ccc(Br)cc2)=NC12CCCCC2)Nc1ccc(F)c(F)c1. The number of amides is 4. The molecular weight excluding hydrogens is 858 g/mol. The molecule has 0 radical (unpaired) electrons. The number of nitrogens with zero attached hydrogens (tertiary/aromatic N) is 5. The summed E-state index contributed by atoms with van der Waals surface area (Å²) in [4.78, 5) is 64.4. The van der Waals surface area contributed by atoms with Crippen molar-refractivity contribution in [3.63, 3.8) is 0 Å². The van der Waals surface area contributed by atoms with Gasteiger partial charge in [-0.05, 0) is 99.9 Å². The number of benzene rings is 4. The summed E-state index contributed by atoms with van der Waals surface area (Å²) in [7, 11) is 0. The van der Waals surface area contributed by atoms with Gasteiger partial charge in [-0.25, -0.2) is 17.6 Å². The van der Waals surface area contributed by atoms with Crippen molar-refractivity contribution >= 4 is 62.4 Å². The van der Waals surface area contributed by atoms with Gasteiger partial charge < -0.3 is 20.4 Å². The van der Waals surface area contributed by atoms with Crippen molar-refractivity contribution in [3.8, 4) is 6.07 Å². The molecular formula is C45H40BrF4N7O4. The Hall–Kier alpha value is -6.21. The second-order valence-electron chi connectivity index (χ2n) is 15.3. The molecule has 0 bridgehead atoms. The molecule has 314 valence electrons. The molecule has 2 aliphatic carbocycles. The fourth-order valence-electron chi connectivity index (χ4n) is 8.23. The van der Waals surface area contributed by atoms with Crippen molar-refractivity contribution in [3.05, 3.63) is 129 Å². The largest absolute Gasteiger partial charge is 0.324 e. The molecule has 2 saturated carbocycles. The number of aliphatic imine (C=N–C) groups is 2. The van der Waals surface area contributed by atoms with Crippen molar-refractivity contribution in [2.45, 2.75) is 75.5 Å². The third-order valence-electron chi connectivity index (χ3n) is 11.3. The zero-order valence-corrected chi connectivity index (χ0v) is 34.4. The van der Waals surface area contributed by atoms with Crippen molar-refractivity contribution < 1.29 is 36.7 Å². The van der Waals surface area contributed by atoms with E-state index in [1.54, 1.807) is 24.3 Å². The summed E-state index contributed by atoms with van der Waals surface area (Å²) in [5.41, 5.74) is 1.13. The standard InChI is InChI=1S/C23H20F2N4O2.C22H20BrF2N3O2/c24-18-9-8-17(12-19(18)25)27-20(30)14-29-22(31)21(16-6-4-15(13-26)5-7-16)28-23(29)10-2-1-3-11-23;23-15-6-4-14(5-7-15)20-21(30)28(22(27-20)10-2-1-3-11-22)13-19(29)26-16-8-9-17(24)18(25)12-16/h4-9,12H,1-3,10-11,14H2,(H,27,30);4-9,12H,1-3,10-11,13H2,(H,26,29). The van der Waals surface area contributed by atoms with E-state index in [2.05, 4.69) is 26.6 Å². The number of anilines is 2. The van der Waals surface area contributed by atoms with E-state index < -0.39 is 46.4 Å². The lowest BCUT2D eigenvalue weighted by molar-refractivity contribution is -0.134. The molecule has 2 heterocycles. The van der Waals surface area contributed by atoms with Crippen LogP contribution in [0.25, 0.3) is 0 Å². The van der Waals surface area contributed by atoms with Crippen molar-refractivity contribution in [2.24, 2.45) is 9.98 Å². The van der Waals surface area contributed by atoms with Gasteiger partial charge in [-0.3, -0.25) is 29.2 Å². The van der Waals surface area contributed by atoms with Crippen LogP contribution >= 0.6 is 15.9 Å². The molecule has 4 aromatic rings. The van der Waals surface area contributed by atoms with Crippen LogP contribution in [0.5, 0.6) is 0 Å². The predicted molar refractivity (Wildman–Crippen MR) is 223 cm³/mol. The number of rotatable bonds is 8. The lowest BCUT2D eigenvalue weighted by Gasteiger charge is -2.38. The van der Waals surface area contributed by atoms with Crippen LogP contribution in [-0.4, -0.2) is 69.3 Å². The lowest BCUT2D eigenvalue weighted by atomic mass is 9.88. The van der Waals surface area contributed by atoms with Crippen LogP contribution in [0.15, 0.2) is 99.4 Å². The number of hydrogen-bond donors (Lipinski definition) is 2. The Morgan fingerprint density at radius 3 is 1.38 bits per heavy atom. The summed E-state index contributed by atoms with van der Waals surface area (Å²) in [5.74, 6) is -5.75. The predicted octanol–water partition coefficient (Wildman–Crippen LogP) is 8.42. The maximum Gasteiger partial charge on any atom is 0.275 e. The Morgan fingerprint density at radius 2 is 1.00 bits per heavy atom. The fraction of sp³-hybridized carbons (Fsp3) is 0.311. The van der Waals surface area contributed by atoms with E-state index in [1.165, 1.54) is 21.9 Å². The average Bonchev–Trinajstić information content (AvgIpc) is 3.66. The monoisotopic (exact) mass is 897 g/mol. The molecule has 16 heteroatoms. The number of carbonyl (C=O) groups is 4. The number of nitriles is 1. The average molecular weight is 899 g/mol. The fourth-order valence-corrected chi connectivity index (χ4v) is 8.49. The van der Waals surface area contributed by atoms with E-state index >= 15 is 0 Å². The summed E-state index contributed by atoms with van der Waals surface area (Å²) in [5, 5.41) is 14.1. The molecule has 0 atom stereocenters. The topological polar surface area (TPSA) is 147 Å². The highest BCUT2D eigenvalue weighted by atomic mass is 79.9. The molecule has 2 spiro atoms. The first kappa shape index (κ1) is 42.9. The maximum atomic E-state index is 13.4. The second-order valence-corrected chi connectivity index (χ2v) is 16.3. The van der Waals surface area contributed by atoms with Gasteiger partial charge in [0, 0.05) is 39.1 Å². The molecule has 2 N–H and O–H groups in total. The summed E-state index contributed by atoms with van der Waals surface area (Å²) in [6, 6.07) is 22.2. The highest BCUT2D eigenvalue weighted by Gasteiger charge is 2.49. The van der Waals surface area contributed by atoms with Crippen molar-refractivity contribution in [1.82, 2.24) is 9.80 Å². The van der Waals surface area contributed by atoms with E-state index in [4.69, 9.17) is 15.2 Å². The Labute approximate surface area is 357 Å². The van der Waals surface area contributed by atoms with E-state index in [-0.39, 0.29) is 42.0 Å². The summed E-state index contributed by atoms with van der Waals surface area (Å²) in [6.45, 7) is -0.456. The minimum absolute atomic E-state index is 0.112. The molecule has 4 aliphatic rings. The van der Waals surface area contributed by atoms with Crippen molar-refractivity contribution in [1.29, 1.82) is 5.26 Å². The molecule has 11 nitrogen and oxygen atoms in total. The Kier molecular flexibility index (Phi) is 12.8. The highest BCUT2D eigenvalue weighted by molar-refractivity contribution is 9.10. The Morgan fingerprint density at radius 1 is 0.607 bits per heavy atom. The van der Waals surface area contributed by atoms with E-state index in [0.717, 1.165) is 67.3 Å². The van der Waals surface area contributed by atoms with Gasteiger partial charge in [-0.2, -0.15) is 5.26 Å². The molecule has 2 fully saturated rings. The smallest absolute Gasteiger partial charge is 0.275 e. The first-order valence-corrected chi connectivity index (χ1v) is 20.7. The molecule has 0 saturated heterocycles. The molecule has 4 amide bonds. The zero-order chi connectivity index (χ0) is 43.3. The minimum Gasteiger partial charge on any atom is -0.324 e. The van der Waals surface area contributed by atoms with E-state index in [1.807, 2.05) is 30.3 Å². The summed E-state index contributed by atoms with van der Waals surface area (Å²) >= 11 is 3.39. The Bertz CT molecular complexity index is 2460. The summed E-state index contributed by atoms with van der Waals surface area (Å²) in [6.07, 6.45) is 8.40. The summed E-state index contributed by atoms with van der Waals surface area (Å²) < 4.78 is 54.0. The Balaban J connectivity index is 0.000000184. The van der Waals surface area contributed by atoms with E-state index in [0.29, 0.717) is 48.1 Å². The zero-order valence-electron chi connectivity index (χ0n) is 32.8. The molecule has 2 aliphatic heterocycles. The molecule has 0 aromatic heterocycles. The van der Waals surface area contributed by atoms with Crippen LogP contribution in [-0.2, 0) is 19.2 Å². The highest BCUT2D eigenvalue weighted by Crippen LogP contribution is 2.41. The van der Waals surface area contributed by atoms with Crippen LogP contribution in [0.3, 0.4) is 0 Å². The van der Waals surface area contributed by atoms with Crippen LogP contribution in [0.1, 0.15) is 80.9 Å². The number of nitrogens with one attached hydrogen (secondary N) is 2. The second kappa shape index (κ2) is 18.2. The van der Waals surface area contributed by atoms with Crippen molar-refractivity contribution in [2.75, 3.05) is 23.7 Å². The van der Waals surface area contributed by atoms with Crippen LogP contribution in [0.2, 0.25) is 0 Å². The first-order valence-electron chi connectivity index (χ1n) is 19.9. The number of carbonyl (C=O) groups excluding carboxylic acids is 4. The van der Waals surface area contributed by atoms with Crippen LogP contribution in [0.4, 0.5) is 28.9 Å². The van der Waals surface area contributed by atoms with Gasteiger partial charge in [-0.1, -0.05) is 53.0 Å². The quantitative estimate of drug-likeness (QED) is 0.171.